The number of nitrogens with zero attached hydrogens (tertiary/aromatic N) is 2. The van der Waals surface area contributed by atoms with E-state index in [1.807, 2.05) is 35.2 Å². The van der Waals surface area contributed by atoms with Crippen molar-refractivity contribution in [2.75, 3.05) is 23.9 Å². The number of carbonyl (C=O) groups excluding carboxylic acids is 1. The molecule has 4 aromatic rings. The molecule has 6 nitrogen and oxygen atoms in total. The number of fused-ring (bicyclic) bond motifs is 2. The van der Waals surface area contributed by atoms with E-state index in [2.05, 4.69) is 29.4 Å². The average molecular weight is 500 g/mol. The lowest BCUT2D eigenvalue weighted by molar-refractivity contribution is 0.0713. The van der Waals surface area contributed by atoms with Crippen LogP contribution in [0, 0.1) is 0 Å². The lowest BCUT2D eigenvalue weighted by Crippen LogP contribution is -2.38. The van der Waals surface area contributed by atoms with Crippen LogP contribution in [0.1, 0.15) is 46.7 Å². The van der Waals surface area contributed by atoms with Gasteiger partial charge in [-0.2, -0.15) is 0 Å². The summed E-state index contributed by atoms with van der Waals surface area (Å²) in [5.74, 6) is 0.379. The van der Waals surface area contributed by atoms with Crippen molar-refractivity contribution in [1.29, 1.82) is 0 Å². The van der Waals surface area contributed by atoms with Gasteiger partial charge in [-0.15, -0.1) is 0 Å². The Kier molecular flexibility index (Phi) is 5.80. The Balaban J connectivity index is 1.15. The second-order valence-corrected chi connectivity index (χ2v) is 11.6. The van der Waals surface area contributed by atoms with Crippen LogP contribution in [-0.2, 0) is 16.4 Å². The summed E-state index contributed by atoms with van der Waals surface area (Å²) in [6, 6.07) is 22.4. The number of carbonyl (C=O) groups is 1. The molecule has 184 valence electrons. The van der Waals surface area contributed by atoms with Crippen molar-refractivity contribution in [3.63, 3.8) is 0 Å². The molecule has 0 saturated carbocycles. The van der Waals surface area contributed by atoms with Crippen LogP contribution in [-0.4, -0.2) is 43.8 Å². The van der Waals surface area contributed by atoms with E-state index in [9.17, 15) is 13.2 Å². The minimum Gasteiger partial charge on any atom is -0.361 e. The van der Waals surface area contributed by atoms with Crippen molar-refractivity contribution in [2.45, 2.75) is 36.5 Å². The SMILES string of the molecule is O=C(c1ccc(S(=O)(=O)N2CCCc3ccccc32)cc1)N1CCC(c2c[nH]c3ccccc23)CC1. The van der Waals surface area contributed by atoms with E-state index >= 15 is 0 Å². The fourth-order valence-corrected chi connectivity index (χ4v) is 7.19. The van der Waals surface area contributed by atoms with Crippen LogP contribution in [0.4, 0.5) is 5.69 Å². The molecule has 0 bridgehead atoms. The summed E-state index contributed by atoms with van der Waals surface area (Å²) in [6.45, 7) is 1.84. The van der Waals surface area contributed by atoms with Gasteiger partial charge >= 0.3 is 0 Å². The summed E-state index contributed by atoms with van der Waals surface area (Å²) in [7, 11) is -3.69. The van der Waals surface area contributed by atoms with Crippen molar-refractivity contribution >= 4 is 32.5 Å². The smallest absolute Gasteiger partial charge is 0.264 e. The van der Waals surface area contributed by atoms with E-state index in [-0.39, 0.29) is 10.8 Å². The van der Waals surface area contributed by atoms with Gasteiger partial charge in [0.1, 0.15) is 0 Å². The number of sulfonamides is 1. The van der Waals surface area contributed by atoms with Gasteiger partial charge in [-0.1, -0.05) is 36.4 Å². The lowest BCUT2D eigenvalue weighted by atomic mass is 9.89. The maximum atomic E-state index is 13.4. The molecule has 1 aromatic heterocycles. The predicted octanol–water partition coefficient (Wildman–Crippen LogP) is 5.33. The molecule has 6 rings (SSSR count). The Bertz CT molecular complexity index is 1520. The second-order valence-electron chi connectivity index (χ2n) is 9.69. The first kappa shape index (κ1) is 22.9. The molecule has 0 spiro atoms. The number of rotatable bonds is 4. The number of piperidine rings is 1. The monoisotopic (exact) mass is 499 g/mol. The molecule has 2 aliphatic heterocycles. The van der Waals surface area contributed by atoms with Crippen molar-refractivity contribution in [3.05, 3.63) is 95.7 Å². The molecule has 0 radical (unpaired) electrons. The Morgan fingerprint density at radius 3 is 2.39 bits per heavy atom. The fraction of sp³-hybridized carbons (Fsp3) is 0.276. The summed E-state index contributed by atoms with van der Waals surface area (Å²) in [6.07, 6.45) is 5.60. The number of aromatic nitrogens is 1. The number of likely N-dealkylation sites (tertiary alicyclic amines) is 1. The minimum absolute atomic E-state index is 0.0420. The highest BCUT2D eigenvalue weighted by molar-refractivity contribution is 7.92. The Morgan fingerprint density at radius 2 is 1.58 bits per heavy atom. The number of H-pyrrole nitrogens is 1. The highest BCUT2D eigenvalue weighted by atomic mass is 32.2. The van der Waals surface area contributed by atoms with Crippen LogP contribution in [0.5, 0.6) is 0 Å². The third-order valence-corrected chi connectivity index (χ3v) is 9.43. The van der Waals surface area contributed by atoms with E-state index in [1.165, 1.54) is 15.3 Å². The third-order valence-electron chi connectivity index (χ3n) is 7.60. The fourth-order valence-electron chi connectivity index (χ4n) is 5.65. The minimum atomic E-state index is -3.69. The number of hydrogen-bond acceptors (Lipinski definition) is 3. The summed E-state index contributed by atoms with van der Waals surface area (Å²) in [5.41, 5.74) is 4.80. The molecule has 1 fully saturated rings. The summed E-state index contributed by atoms with van der Waals surface area (Å²) >= 11 is 0. The number of anilines is 1. The maximum Gasteiger partial charge on any atom is 0.264 e. The Morgan fingerprint density at radius 1 is 0.861 bits per heavy atom. The van der Waals surface area contributed by atoms with Crippen molar-refractivity contribution < 1.29 is 13.2 Å². The normalized spacial score (nSPS) is 16.8. The molecule has 0 unspecified atom stereocenters. The van der Waals surface area contributed by atoms with Crippen molar-refractivity contribution in [1.82, 2.24) is 9.88 Å². The van der Waals surface area contributed by atoms with E-state index in [1.54, 1.807) is 24.3 Å². The van der Waals surface area contributed by atoms with Gasteiger partial charge < -0.3 is 9.88 Å². The zero-order valence-corrected chi connectivity index (χ0v) is 20.9. The summed E-state index contributed by atoms with van der Waals surface area (Å²) in [5, 5.41) is 1.26. The summed E-state index contributed by atoms with van der Waals surface area (Å²) in [4.78, 5) is 18.7. The van der Waals surface area contributed by atoms with E-state index < -0.39 is 10.0 Å². The molecular formula is C29H29N3O3S. The average Bonchev–Trinajstić information content (AvgIpc) is 3.37. The second kappa shape index (κ2) is 9.13. The summed E-state index contributed by atoms with van der Waals surface area (Å²) < 4.78 is 28.3. The Hall–Kier alpha value is -3.58. The van der Waals surface area contributed by atoms with Crippen molar-refractivity contribution in [3.8, 4) is 0 Å². The topological polar surface area (TPSA) is 73.5 Å². The molecule has 1 amide bonds. The lowest BCUT2D eigenvalue weighted by Gasteiger charge is -2.32. The third kappa shape index (κ3) is 3.97. The van der Waals surface area contributed by atoms with E-state index in [0.29, 0.717) is 31.1 Å². The van der Waals surface area contributed by atoms with Gasteiger partial charge in [-0.05, 0) is 79.1 Å². The van der Waals surface area contributed by atoms with Crippen LogP contribution in [0.2, 0.25) is 0 Å². The number of benzene rings is 3. The van der Waals surface area contributed by atoms with Crippen molar-refractivity contribution in [2.24, 2.45) is 0 Å². The molecule has 3 heterocycles. The van der Waals surface area contributed by atoms with Gasteiger partial charge in [0.15, 0.2) is 0 Å². The zero-order chi connectivity index (χ0) is 24.7. The number of aryl methyl sites for hydroxylation is 1. The number of aromatic amines is 1. The molecular weight excluding hydrogens is 470 g/mol. The van der Waals surface area contributed by atoms with Crippen LogP contribution in [0.3, 0.4) is 0 Å². The van der Waals surface area contributed by atoms with Crippen LogP contribution < -0.4 is 4.31 Å². The predicted molar refractivity (Wildman–Crippen MR) is 142 cm³/mol. The maximum absolute atomic E-state index is 13.4. The number of amides is 1. The molecule has 1 saturated heterocycles. The molecule has 0 aliphatic carbocycles. The highest BCUT2D eigenvalue weighted by Crippen LogP contribution is 2.34. The van der Waals surface area contributed by atoms with E-state index in [0.717, 1.165) is 42.5 Å². The van der Waals surface area contributed by atoms with Crippen LogP contribution in [0.25, 0.3) is 10.9 Å². The van der Waals surface area contributed by atoms with Crippen LogP contribution >= 0.6 is 0 Å². The highest BCUT2D eigenvalue weighted by Gasteiger charge is 2.30. The molecule has 1 N–H and O–H groups in total. The molecule has 36 heavy (non-hydrogen) atoms. The first-order valence-electron chi connectivity index (χ1n) is 12.6. The molecule has 2 aliphatic rings. The van der Waals surface area contributed by atoms with Gasteiger partial charge in [0.25, 0.3) is 15.9 Å². The van der Waals surface area contributed by atoms with Gasteiger partial charge in [0.05, 0.1) is 10.6 Å². The molecule has 3 aromatic carbocycles. The zero-order valence-electron chi connectivity index (χ0n) is 20.1. The largest absolute Gasteiger partial charge is 0.361 e. The van der Waals surface area contributed by atoms with Gasteiger partial charge in [-0.25, -0.2) is 8.42 Å². The first-order chi connectivity index (χ1) is 17.5. The van der Waals surface area contributed by atoms with Gasteiger partial charge in [-0.3, -0.25) is 9.10 Å². The van der Waals surface area contributed by atoms with E-state index in [4.69, 9.17) is 0 Å². The standard InChI is InChI=1S/C29H29N3O3S/c33-29(31-18-15-21(16-19-31)26-20-30-27-9-3-2-8-25(26)27)23-11-13-24(14-12-23)36(34,35)32-17-5-7-22-6-1-4-10-28(22)32/h1-4,6,8-14,20-21,30H,5,7,15-19H2. The first-order valence-corrected chi connectivity index (χ1v) is 14.0. The number of nitrogens with one attached hydrogen (secondary N) is 1. The van der Waals surface area contributed by atoms with Gasteiger partial charge in [0, 0.05) is 42.3 Å². The van der Waals surface area contributed by atoms with Gasteiger partial charge in [0.2, 0.25) is 0 Å². The quantitative estimate of drug-likeness (QED) is 0.413. The van der Waals surface area contributed by atoms with Crippen LogP contribution in [0.15, 0.2) is 83.9 Å². The number of hydrogen-bond donors (Lipinski definition) is 1. The Labute approximate surface area is 211 Å². The molecule has 0 atom stereocenters. The number of para-hydroxylation sites is 2. The molecule has 7 heteroatoms.